The van der Waals surface area contributed by atoms with E-state index in [1.54, 1.807) is 37.6 Å². The highest BCUT2D eigenvalue weighted by Gasteiger charge is 2.25. The highest BCUT2D eigenvalue weighted by molar-refractivity contribution is 8.01. The number of hydrogen-bond donors (Lipinski definition) is 1. The lowest BCUT2D eigenvalue weighted by atomic mass is 9.94. The van der Waals surface area contributed by atoms with Gasteiger partial charge in [-0.15, -0.1) is 11.3 Å². The lowest BCUT2D eigenvalue weighted by Crippen LogP contribution is -2.41. The number of thiazole rings is 1. The molecule has 2 heterocycles. The summed E-state index contributed by atoms with van der Waals surface area (Å²) in [6, 6.07) is 1.95. The summed E-state index contributed by atoms with van der Waals surface area (Å²) in [5, 5.41) is 5.70. The van der Waals surface area contributed by atoms with Crippen molar-refractivity contribution >= 4 is 29.0 Å². The van der Waals surface area contributed by atoms with E-state index in [0.717, 1.165) is 41.3 Å². The maximum absolute atomic E-state index is 12.5. The molecule has 0 saturated heterocycles. The molecule has 0 aliphatic heterocycles. The summed E-state index contributed by atoms with van der Waals surface area (Å²) < 4.78 is 2.58. The minimum Gasteiger partial charge on any atom is -0.349 e. The molecule has 1 N–H and O–H groups in total. The van der Waals surface area contributed by atoms with Crippen LogP contribution >= 0.6 is 23.1 Å². The van der Waals surface area contributed by atoms with E-state index in [9.17, 15) is 9.59 Å². The van der Waals surface area contributed by atoms with E-state index < -0.39 is 0 Å². The average molecular weight is 378 g/mol. The van der Waals surface area contributed by atoms with Gasteiger partial charge in [-0.05, 0) is 51.2 Å². The number of carbonyl (C=O) groups excluding carboxylic acids is 1. The summed E-state index contributed by atoms with van der Waals surface area (Å²) in [7, 11) is 1.67. The van der Waals surface area contributed by atoms with Crippen LogP contribution in [0.3, 0.4) is 0 Å². The second-order valence-electron chi connectivity index (χ2n) is 6.61. The van der Waals surface area contributed by atoms with Gasteiger partial charge in [0.15, 0.2) is 0 Å². The molecule has 0 atom stereocenters. The minimum absolute atomic E-state index is 0.145. The SMILES string of the molecule is Cc1csc(SC2CCC(NC(=O)c3c(C)ccn(C)c3=O)CC2)n1. The maximum atomic E-state index is 12.5. The molecule has 7 heteroatoms. The Labute approximate surface area is 155 Å². The molecule has 1 aliphatic rings. The van der Waals surface area contributed by atoms with Crippen LogP contribution in [0.2, 0.25) is 0 Å². The number of nitrogens with one attached hydrogen (secondary N) is 1. The van der Waals surface area contributed by atoms with Crippen molar-refractivity contribution in [2.45, 2.75) is 55.2 Å². The summed E-state index contributed by atoms with van der Waals surface area (Å²) in [6.45, 7) is 3.82. The zero-order valence-corrected chi connectivity index (χ0v) is 16.4. The Morgan fingerprint density at radius 3 is 2.68 bits per heavy atom. The molecule has 0 spiro atoms. The van der Waals surface area contributed by atoms with Crippen molar-refractivity contribution in [2.24, 2.45) is 7.05 Å². The number of hydrogen-bond acceptors (Lipinski definition) is 5. The summed E-state index contributed by atoms with van der Waals surface area (Å²) in [5.74, 6) is -0.245. The van der Waals surface area contributed by atoms with E-state index >= 15 is 0 Å². The molecule has 1 fully saturated rings. The molecule has 25 heavy (non-hydrogen) atoms. The van der Waals surface area contributed by atoms with E-state index in [-0.39, 0.29) is 23.1 Å². The summed E-state index contributed by atoms with van der Waals surface area (Å²) in [4.78, 5) is 29.3. The van der Waals surface area contributed by atoms with Gasteiger partial charge in [-0.25, -0.2) is 4.98 Å². The number of aromatic nitrogens is 2. The number of carbonyl (C=O) groups is 1. The fourth-order valence-corrected chi connectivity index (χ4v) is 5.39. The Balaban J connectivity index is 1.56. The van der Waals surface area contributed by atoms with E-state index in [2.05, 4.69) is 15.7 Å². The van der Waals surface area contributed by atoms with Crippen molar-refractivity contribution < 1.29 is 4.79 Å². The van der Waals surface area contributed by atoms with Crippen molar-refractivity contribution in [3.05, 3.63) is 44.8 Å². The lowest BCUT2D eigenvalue weighted by molar-refractivity contribution is 0.0925. The Morgan fingerprint density at radius 1 is 1.32 bits per heavy atom. The van der Waals surface area contributed by atoms with E-state index in [1.807, 2.05) is 18.7 Å². The maximum Gasteiger partial charge on any atom is 0.263 e. The quantitative estimate of drug-likeness (QED) is 0.888. The lowest BCUT2D eigenvalue weighted by Gasteiger charge is -2.28. The van der Waals surface area contributed by atoms with Crippen LogP contribution in [0.4, 0.5) is 0 Å². The summed E-state index contributed by atoms with van der Waals surface area (Å²) >= 11 is 3.55. The zero-order valence-electron chi connectivity index (χ0n) is 14.7. The van der Waals surface area contributed by atoms with Gasteiger partial charge in [0.25, 0.3) is 11.5 Å². The van der Waals surface area contributed by atoms with Gasteiger partial charge in [-0.2, -0.15) is 0 Å². The third-order valence-electron chi connectivity index (χ3n) is 4.58. The molecule has 2 aromatic rings. The highest BCUT2D eigenvalue weighted by Crippen LogP contribution is 2.35. The zero-order chi connectivity index (χ0) is 18.0. The molecule has 1 amide bonds. The number of amides is 1. The first-order chi connectivity index (χ1) is 11.9. The van der Waals surface area contributed by atoms with Gasteiger partial charge >= 0.3 is 0 Å². The Kier molecular flexibility index (Phi) is 5.64. The topological polar surface area (TPSA) is 64.0 Å². The molecule has 5 nitrogen and oxygen atoms in total. The number of thioether (sulfide) groups is 1. The van der Waals surface area contributed by atoms with Crippen molar-refractivity contribution in [1.29, 1.82) is 0 Å². The molecule has 1 aliphatic carbocycles. The van der Waals surface area contributed by atoms with Gasteiger partial charge in [0, 0.05) is 35.6 Å². The second-order valence-corrected chi connectivity index (χ2v) is 9.02. The summed E-state index contributed by atoms with van der Waals surface area (Å²) in [6.07, 6.45) is 5.69. The fourth-order valence-electron chi connectivity index (χ4n) is 3.11. The monoisotopic (exact) mass is 377 g/mol. The van der Waals surface area contributed by atoms with Crippen molar-refractivity contribution in [1.82, 2.24) is 14.9 Å². The first-order valence-corrected chi connectivity index (χ1v) is 10.3. The molecule has 0 aromatic carbocycles. The first-order valence-electron chi connectivity index (χ1n) is 8.50. The van der Waals surface area contributed by atoms with Crippen molar-refractivity contribution in [3.8, 4) is 0 Å². The van der Waals surface area contributed by atoms with E-state index in [1.165, 1.54) is 4.57 Å². The van der Waals surface area contributed by atoms with Gasteiger partial charge in [0.2, 0.25) is 0 Å². The van der Waals surface area contributed by atoms with Gasteiger partial charge in [-0.3, -0.25) is 9.59 Å². The van der Waals surface area contributed by atoms with Crippen LogP contribution in [0.25, 0.3) is 0 Å². The Bertz CT molecular complexity index is 820. The summed E-state index contributed by atoms with van der Waals surface area (Å²) in [5.41, 5.74) is 1.83. The third kappa shape index (κ3) is 4.33. The van der Waals surface area contributed by atoms with E-state index in [4.69, 9.17) is 0 Å². The van der Waals surface area contributed by atoms with Crippen LogP contribution in [0, 0.1) is 13.8 Å². The van der Waals surface area contributed by atoms with Crippen LogP contribution in [0.5, 0.6) is 0 Å². The second kappa shape index (κ2) is 7.74. The smallest absolute Gasteiger partial charge is 0.263 e. The Morgan fingerprint density at radius 2 is 2.04 bits per heavy atom. The molecule has 1 saturated carbocycles. The molecule has 134 valence electrons. The minimum atomic E-state index is -0.245. The van der Waals surface area contributed by atoms with Crippen LogP contribution < -0.4 is 10.9 Å². The van der Waals surface area contributed by atoms with E-state index in [0.29, 0.717) is 5.25 Å². The number of rotatable bonds is 4. The fraction of sp³-hybridized carbons (Fsp3) is 0.500. The number of aryl methyl sites for hydroxylation is 3. The van der Waals surface area contributed by atoms with Crippen LogP contribution in [0.1, 0.15) is 47.3 Å². The highest BCUT2D eigenvalue weighted by atomic mass is 32.2. The van der Waals surface area contributed by atoms with Crippen LogP contribution in [-0.2, 0) is 7.05 Å². The van der Waals surface area contributed by atoms with Crippen LogP contribution in [-0.4, -0.2) is 26.8 Å². The van der Waals surface area contributed by atoms with Gasteiger partial charge in [-0.1, -0.05) is 11.8 Å². The number of pyridine rings is 1. The van der Waals surface area contributed by atoms with Crippen molar-refractivity contribution in [2.75, 3.05) is 0 Å². The molecule has 0 unspecified atom stereocenters. The molecule has 0 radical (unpaired) electrons. The van der Waals surface area contributed by atoms with Crippen molar-refractivity contribution in [3.63, 3.8) is 0 Å². The predicted molar refractivity (Wildman–Crippen MR) is 103 cm³/mol. The molecule has 0 bridgehead atoms. The molecule has 2 aromatic heterocycles. The standard InChI is InChI=1S/C18H23N3O2S2/c1-11-8-9-21(3)17(23)15(11)16(22)20-13-4-6-14(7-5-13)25-18-19-12(2)10-24-18/h8-10,13-14H,4-7H2,1-3H3,(H,20,22). The van der Waals surface area contributed by atoms with Crippen LogP contribution in [0.15, 0.2) is 26.8 Å². The third-order valence-corrected chi connectivity index (χ3v) is 7.01. The average Bonchev–Trinajstić information content (AvgIpc) is 2.98. The Hall–Kier alpha value is -1.60. The largest absolute Gasteiger partial charge is 0.349 e. The number of nitrogens with zero attached hydrogens (tertiary/aromatic N) is 2. The molecular formula is C18H23N3O2S2. The first kappa shape index (κ1) is 18.2. The predicted octanol–water partition coefficient (Wildman–Crippen LogP) is 3.29. The van der Waals surface area contributed by atoms with Gasteiger partial charge in [0.05, 0.1) is 0 Å². The normalized spacial score (nSPS) is 20.4. The molecule has 3 rings (SSSR count). The molecular weight excluding hydrogens is 354 g/mol. The van der Waals surface area contributed by atoms with Gasteiger partial charge in [0.1, 0.15) is 9.90 Å². The van der Waals surface area contributed by atoms with Gasteiger partial charge < -0.3 is 9.88 Å².